The fourth-order valence-electron chi connectivity index (χ4n) is 4.30. The number of rotatable bonds is 4. The summed E-state index contributed by atoms with van der Waals surface area (Å²) >= 11 is 0. The van der Waals surface area contributed by atoms with Gasteiger partial charge in [-0.15, -0.1) is 0 Å². The Morgan fingerprint density at radius 1 is 0.938 bits per heavy atom. The molecule has 2 aliphatic heterocycles. The Hall–Kier alpha value is -3.04. The fraction of sp³-hybridized carbons (Fsp3) is 0.348. The van der Waals surface area contributed by atoms with E-state index in [4.69, 9.17) is 9.47 Å². The Labute approximate surface area is 187 Å². The minimum Gasteiger partial charge on any atom is -0.486 e. The van der Waals surface area contributed by atoms with Crippen molar-refractivity contribution < 1.29 is 22.7 Å². The van der Waals surface area contributed by atoms with Crippen LogP contribution in [-0.4, -0.2) is 67.5 Å². The molecule has 0 radical (unpaired) electrons. The molecule has 2 aromatic carbocycles. The van der Waals surface area contributed by atoms with Crippen LogP contribution < -0.4 is 9.47 Å². The molecule has 5 rings (SSSR count). The first-order valence-electron chi connectivity index (χ1n) is 10.7. The van der Waals surface area contributed by atoms with Crippen LogP contribution in [0.5, 0.6) is 11.5 Å². The quantitative estimate of drug-likeness (QED) is 0.603. The van der Waals surface area contributed by atoms with Crippen LogP contribution in [0.1, 0.15) is 5.69 Å². The molecular weight excluding hydrogens is 430 g/mol. The largest absolute Gasteiger partial charge is 0.486 e. The van der Waals surface area contributed by atoms with Crippen LogP contribution >= 0.6 is 0 Å². The van der Waals surface area contributed by atoms with E-state index in [2.05, 4.69) is 6.07 Å². The van der Waals surface area contributed by atoms with E-state index in [1.807, 2.05) is 35.8 Å². The first-order valence-corrected chi connectivity index (χ1v) is 12.1. The van der Waals surface area contributed by atoms with E-state index < -0.39 is 10.0 Å². The first-order chi connectivity index (χ1) is 15.4. The Balaban J connectivity index is 1.26. The van der Waals surface area contributed by atoms with Crippen LogP contribution in [-0.2, 0) is 21.4 Å². The minimum absolute atomic E-state index is 0.00849. The Morgan fingerprint density at radius 3 is 2.44 bits per heavy atom. The maximum Gasteiger partial charge on any atom is 0.243 e. The third-order valence-electron chi connectivity index (χ3n) is 6.05. The summed E-state index contributed by atoms with van der Waals surface area (Å²) in [6.07, 6.45) is 0. The highest BCUT2D eigenvalue weighted by atomic mass is 32.2. The zero-order valence-electron chi connectivity index (χ0n) is 17.9. The van der Waals surface area contributed by atoms with E-state index >= 15 is 0 Å². The standard InChI is InChI=1S/C23H25N3O5S/c1-17-14-18-4-2-3-5-20(18)26(17)16-23(27)24-8-10-25(11-9-24)32(28,29)19-6-7-21-22(15-19)31-13-12-30-21/h2-7,14-15H,8-13,16H2,1H3. The summed E-state index contributed by atoms with van der Waals surface area (Å²) in [5.74, 6) is 0.990. The molecule has 1 amide bonds. The lowest BCUT2D eigenvalue weighted by molar-refractivity contribution is -0.132. The lowest BCUT2D eigenvalue weighted by Gasteiger charge is -2.34. The molecule has 0 saturated carbocycles. The molecule has 168 valence electrons. The highest BCUT2D eigenvalue weighted by Crippen LogP contribution is 2.33. The molecule has 3 heterocycles. The van der Waals surface area contributed by atoms with Gasteiger partial charge >= 0.3 is 0 Å². The Kier molecular flexibility index (Phi) is 5.30. The molecule has 8 nitrogen and oxygen atoms in total. The number of aromatic nitrogens is 1. The summed E-state index contributed by atoms with van der Waals surface area (Å²) in [6, 6.07) is 14.7. The van der Waals surface area contributed by atoms with Crippen LogP contribution in [0, 0.1) is 6.92 Å². The number of benzene rings is 2. The van der Waals surface area contributed by atoms with Gasteiger partial charge in [-0.1, -0.05) is 18.2 Å². The van der Waals surface area contributed by atoms with Crippen molar-refractivity contribution in [1.82, 2.24) is 13.8 Å². The van der Waals surface area contributed by atoms with Gasteiger partial charge in [0, 0.05) is 43.5 Å². The predicted molar refractivity (Wildman–Crippen MR) is 119 cm³/mol. The number of hydrogen-bond donors (Lipinski definition) is 0. The lowest BCUT2D eigenvalue weighted by Crippen LogP contribution is -2.51. The van der Waals surface area contributed by atoms with Crippen LogP contribution in [0.15, 0.2) is 53.4 Å². The first kappa shape index (κ1) is 20.8. The van der Waals surface area contributed by atoms with Gasteiger partial charge in [0.2, 0.25) is 15.9 Å². The van der Waals surface area contributed by atoms with Gasteiger partial charge in [0.25, 0.3) is 0 Å². The Bertz CT molecular complexity index is 1280. The molecule has 0 spiro atoms. The molecule has 1 fully saturated rings. The summed E-state index contributed by atoms with van der Waals surface area (Å²) < 4.78 is 40.7. The molecule has 0 aliphatic carbocycles. The normalized spacial score (nSPS) is 17.0. The number of ether oxygens (including phenoxy) is 2. The van der Waals surface area contributed by atoms with Crippen molar-refractivity contribution in [2.24, 2.45) is 0 Å². The summed E-state index contributed by atoms with van der Waals surface area (Å²) in [7, 11) is -3.68. The molecule has 32 heavy (non-hydrogen) atoms. The molecule has 0 unspecified atom stereocenters. The third-order valence-corrected chi connectivity index (χ3v) is 7.95. The van der Waals surface area contributed by atoms with Gasteiger partial charge in [-0.05, 0) is 36.6 Å². The molecule has 0 bridgehead atoms. The van der Waals surface area contributed by atoms with Crippen LogP contribution in [0.3, 0.4) is 0 Å². The third kappa shape index (κ3) is 3.71. The number of nitrogens with zero attached hydrogens (tertiary/aromatic N) is 3. The van der Waals surface area contributed by atoms with Gasteiger partial charge in [0.1, 0.15) is 19.8 Å². The molecular formula is C23H25N3O5S. The number of sulfonamides is 1. The molecule has 1 saturated heterocycles. The van der Waals surface area contributed by atoms with Crippen LogP contribution in [0.25, 0.3) is 10.9 Å². The summed E-state index contributed by atoms with van der Waals surface area (Å²) in [4.78, 5) is 14.9. The highest BCUT2D eigenvalue weighted by molar-refractivity contribution is 7.89. The van der Waals surface area contributed by atoms with Crippen molar-refractivity contribution in [3.05, 3.63) is 54.2 Å². The van der Waals surface area contributed by atoms with Crippen molar-refractivity contribution in [2.45, 2.75) is 18.4 Å². The number of para-hydroxylation sites is 1. The van der Waals surface area contributed by atoms with Gasteiger partial charge in [0.05, 0.1) is 4.90 Å². The molecule has 1 aromatic heterocycles. The second-order valence-electron chi connectivity index (χ2n) is 8.02. The van der Waals surface area contributed by atoms with Crippen molar-refractivity contribution in [2.75, 3.05) is 39.4 Å². The number of carbonyl (C=O) groups is 1. The number of carbonyl (C=O) groups excluding carboxylic acids is 1. The molecule has 3 aromatic rings. The van der Waals surface area contributed by atoms with Crippen molar-refractivity contribution in [3.63, 3.8) is 0 Å². The number of piperazine rings is 1. The van der Waals surface area contributed by atoms with Crippen LogP contribution in [0.2, 0.25) is 0 Å². The average Bonchev–Trinajstić information content (AvgIpc) is 3.13. The van der Waals surface area contributed by atoms with E-state index in [1.165, 1.54) is 10.4 Å². The van der Waals surface area contributed by atoms with Crippen molar-refractivity contribution in [1.29, 1.82) is 0 Å². The average molecular weight is 456 g/mol. The van der Waals surface area contributed by atoms with Gasteiger partial charge in [-0.3, -0.25) is 4.79 Å². The fourth-order valence-corrected chi connectivity index (χ4v) is 5.74. The molecule has 0 N–H and O–H groups in total. The van der Waals surface area contributed by atoms with E-state index in [0.29, 0.717) is 37.8 Å². The van der Waals surface area contributed by atoms with Gasteiger partial charge in [-0.25, -0.2) is 8.42 Å². The lowest BCUT2D eigenvalue weighted by atomic mass is 10.2. The number of fused-ring (bicyclic) bond motifs is 2. The second-order valence-corrected chi connectivity index (χ2v) is 9.96. The summed E-state index contributed by atoms with van der Waals surface area (Å²) in [5.41, 5.74) is 2.05. The van der Waals surface area contributed by atoms with Gasteiger partial charge in [0.15, 0.2) is 11.5 Å². The molecule has 2 aliphatic rings. The predicted octanol–water partition coefficient (Wildman–Crippen LogP) is 2.25. The number of aryl methyl sites for hydroxylation is 1. The van der Waals surface area contributed by atoms with Gasteiger partial charge in [-0.2, -0.15) is 4.31 Å². The molecule has 0 atom stereocenters. The number of hydrogen-bond acceptors (Lipinski definition) is 5. The van der Waals surface area contributed by atoms with E-state index in [9.17, 15) is 13.2 Å². The van der Waals surface area contributed by atoms with Gasteiger partial charge < -0.3 is 18.9 Å². The summed E-state index contributed by atoms with van der Waals surface area (Å²) in [6.45, 7) is 4.32. The van der Waals surface area contributed by atoms with Crippen molar-refractivity contribution >= 4 is 26.8 Å². The molecule has 9 heteroatoms. The SMILES string of the molecule is Cc1cc2ccccc2n1CC(=O)N1CCN(S(=O)(=O)c2ccc3c(c2)OCCO3)CC1. The number of amides is 1. The maximum absolute atomic E-state index is 13.1. The topological polar surface area (TPSA) is 81.1 Å². The second kappa shape index (κ2) is 8.14. The minimum atomic E-state index is -3.68. The van der Waals surface area contributed by atoms with E-state index in [0.717, 1.165) is 16.6 Å². The zero-order valence-corrected chi connectivity index (χ0v) is 18.7. The zero-order chi connectivity index (χ0) is 22.3. The monoisotopic (exact) mass is 455 g/mol. The van der Waals surface area contributed by atoms with E-state index in [1.54, 1.807) is 17.0 Å². The smallest absolute Gasteiger partial charge is 0.243 e. The summed E-state index contributed by atoms with van der Waals surface area (Å²) in [5, 5.41) is 1.10. The highest BCUT2D eigenvalue weighted by Gasteiger charge is 2.31. The van der Waals surface area contributed by atoms with Crippen LogP contribution in [0.4, 0.5) is 0 Å². The van der Waals surface area contributed by atoms with Crippen molar-refractivity contribution in [3.8, 4) is 11.5 Å². The maximum atomic E-state index is 13.1. The van der Waals surface area contributed by atoms with E-state index in [-0.39, 0.29) is 30.4 Å². The Morgan fingerprint density at radius 2 is 1.66 bits per heavy atom.